The van der Waals surface area contributed by atoms with Crippen LogP contribution in [0, 0.1) is 0 Å². The van der Waals surface area contributed by atoms with Crippen molar-refractivity contribution in [3.63, 3.8) is 0 Å². The summed E-state index contributed by atoms with van der Waals surface area (Å²) in [6, 6.07) is 7.74. The molecule has 1 unspecified atom stereocenters. The minimum Gasteiger partial charge on any atom is -0.247 e. The SMILES string of the molecule is C=S(=O)(Cl)c1csc2ccccc12. The normalized spacial score (nSPS) is 15.8. The van der Waals surface area contributed by atoms with E-state index in [9.17, 15) is 4.21 Å². The predicted molar refractivity (Wildman–Crippen MR) is 61.2 cm³/mol. The van der Waals surface area contributed by atoms with E-state index in [1.54, 1.807) is 0 Å². The Balaban J connectivity index is 2.87. The smallest absolute Gasteiger partial charge is 0.0774 e. The van der Waals surface area contributed by atoms with E-state index in [1.807, 2.05) is 29.6 Å². The van der Waals surface area contributed by atoms with Crippen LogP contribution >= 0.6 is 22.0 Å². The van der Waals surface area contributed by atoms with Gasteiger partial charge >= 0.3 is 0 Å². The van der Waals surface area contributed by atoms with Crippen molar-refractivity contribution in [2.45, 2.75) is 4.90 Å². The Hall–Kier alpha value is -0.510. The van der Waals surface area contributed by atoms with Gasteiger partial charge in [0.15, 0.2) is 0 Å². The van der Waals surface area contributed by atoms with E-state index < -0.39 is 8.74 Å². The van der Waals surface area contributed by atoms with Crippen LogP contribution in [0.4, 0.5) is 0 Å². The van der Waals surface area contributed by atoms with Crippen molar-refractivity contribution in [1.82, 2.24) is 0 Å². The first-order valence-corrected chi connectivity index (χ1v) is 7.05. The molecule has 13 heavy (non-hydrogen) atoms. The summed E-state index contributed by atoms with van der Waals surface area (Å²) in [5.41, 5.74) is 0. The number of halogens is 1. The largest absolute Gasteiger partial charge is 0.247 e. The molecule has 0 fully saturated rings. The van der Waals surface area contributed by atoms with Gasteiger partial charge in [0.25, 0.3) is 0 Å². The van der Waals surface area contributed by atoms with Gasteiger partial charge in [-0.1, -0.05) is 18.2 Å². The van der Waals surface area contributed by atoms with Gasteiger partial charge in [0.1, 0.15) is 0 Å². The molecule has 0 saturated heterocycles. The molecular formula is C9H7ClOS2. The fourth-order valence-electron chi connectivity index (χ4n) is 1.19. The standard InChI is InChI=1S/C9H7ClOS2/c1-13(10,11)9-6-12-8-5-3-2-4-7(8)9/h2-6H,1H2. The van der Waals surface area contributed by atoms with Gasteiger partial charge in [0, 0.05) is 15.5 Å². The number of fused-ring (bicyclic) bond motifs is 1. The zero-order valence-corrected chi connectivity index (χ0v) is 9.09. The fraction of sp³-hybridized carbons (Fsp3) is 0. The van der Waals surface area contributed by atoms with Crippen LogP contribution in [0.25, 0.3) is 10.1 Å². The Bertz CT molecular complexity index is 539. The zero-order chi connectivity index (χ0) is 9.47. The molecule has 1 heterocycles. The first kappa shape index (κ1) is 9.06. The molecule has 1 atom stereocenters. The molecule has 0 amide bonds. The van der Waals surface area contributed by atoms with Gasteiger partial charge in [-0.2, -0.15) is 0 Å². The number of hydrogen-bond donors (Lipinski definition) is 0. The number of thiophene rings is 1. The molecule has 1 aromatic heterocycles. The zero-order valence-electron chi connectivity index (χ0n) is 6.70. The fourth-order valence-corrected chi connectivity index (χ4v) is 3.88. The van der Waals surface area contributed by atoms with Crippen LogP contribution in [0.2, 0.25) is 0 Å². The summed E-state index contributed by atoms with van der Waals surface area (Å²) in [5.74, 6) is 3.46. The average Bonchev–Trinajstić information content (AvgIpc) is 2.45. The molecule has 0 saturated carbocycles. The van der Waals surface area contributed by atoms with Gasteiger partial charge in [-0.25, -0.2) is 4.21 Å². The lowest BCUT2D eigenvalue weighted by molar-refractivity contribution is 0.690. The molecule has 0 spiro atoms. The quantitative estimate of drug-likeness (QED) is 0.544. The molecule has 1 nitrogen and oxygen atoms in total. The number of benzene rings is 1. The van der Waals surface area contributed by atoms with Crippen LogP contribution in [0.1, 0.15) is 0 Å². The van der Waals surface area contributed by atoms with Gasteiger partial charge in [0.05, 0.1) is 13.6 Å². The van der Waals surface area contributed by atoms with Gasteiger partial charge in [0.2, 0.25) is 0 Å². The highest BCUT2D eigenvalue weighted by Gasteiger charge is 2.09. The summed E-state index contributed by atoms with van der Waals surface area (Å²) < 4.78 is 12.6. The first-order valence-electron chi connectivity index (χ1n) is 3.62. The van der Waals surface area contributed by atoms with Crippen LogP contribution in [0.15, 0.2) is 34.5 Å². The van der Waals surface area contributed by atoms with Crippen molar-refractivity contribution >= 4 is 46.7 Å². The van der Waals surface area contributed by atoms with Crippen molar-refractivity contribution in [3.05, 3.63) is 29.6 Å². The highest BCUT2D eigenvalue weighted by Crippen LogP contribution is 2.30. The van der Waals surface area contributed by atoms with Gasteiger partial charge in [-0.05, 0) is 22.6 Å². The molecule has 0 N–H and O–H groups in total. The molecule has 2 rings (SSSR count). The van der Waals surface area contributed by atoms with Crippen LogP contribution in [-0.4, -0.2) is 10.1 Å². The second-order valence-electron chi connectivity index (χ2n) is 2.69. The van der Waals surface area contributed by atoms with E-state index in [1.165, 1.54) is 11.3 Å². The number of hydrogen-bond acceptors (Lipinski definition) is 2. The second kappa shape index (κ2) is 3.01. The first-order chi connectivity index (χ1) is 6.09. The van der Waals surface area contributed by atoms with Crippen LogP contribution < -0.4 is 0 Å². The maximum absolute atomic E-state index is 11.5. The minimum atomic E-state index is -2.60. The predicted octanol–water partition coefficient (Wildman–Crippen LogP) is 3.13. The highest BCUT2D eigenvalue weighted by atomic mass is 35.7. The molecule has 0 aliphatic rings. The summed E-state index contributed by atoms with van der Waals surface area (Å²) in [5, 5.41) is 2.76. The molecule has 68 valence electrons. The summed E-state index contributed by atoms with van der Waals surface area (Å²) in [6.45, 7) is 0. The van der Waals surface area contributed by atoms with Gasteiger partial charge < -0.3 is 0 Å². The van der Waals surface area contributed by atoms with Crippen molar-refractivity contribution in [3.8, 4) is 0 Å². The van der Waals surface area contributed by atoms with E-state index in [2.05, 4.69) is 5.87 Å². The lowest BCUT2D eigenvalue weighted by atomic mass is 10.3. The summed E-state index contributed by atoms with van der Waals surface area (Å²) in [7, 11) is 3.10. The van der Waals surface area contributed by atoms with E-state index in [0.29, 0.717) is 4.90 Å². The van der Waals surface area contributed by atoms with E-state index >= 15 is 0 Å². The number of rotatable bonds is 1. The van der Waals surface area contributed by atoms with Crippen molar-refractivity contribution in [2.24, 2.45) is 0 Å². The van der Waals surface area contributed by atoms with Crippen LogP contribution in [0.5, 0.6) is 0 Å². The van der Waals surface area contributed by atoms with E-state index in [-0.39, 0.29) is 0 Å². The Labute approximate surface area is 85.5 Å². The summed E-state index contributed by atoms with van der Waals surface area (Å²) in [6.07, 6.45) is 0. The third-order valence-corrected chi connectivity index (χ3v) is 4.38. The third-order valence-electron chi connectivity index (χ3n) is 1.77. The Morgan fingerprint density at radius 1 is 1.38 bits per heavy atom. The average molecular weight is 231 g/mol. The van der Waals surface area contributed by atoms with Crippen LogP contribution in [-0.2, 0) is 8.74 Å². The highest BCUT2D eigenvalue weighted by molar-refractivity contribution is 8.21. The van der Waals surface area contributed by atoms with E-state index in [4.69, 9.17) is 10.7 Å². The van der Waals surface area contributed by atoms with Crippen molar-refractivity contribution in [1.29, 1.82) is 0 Å². The monoisotopic (exact) mass is 230 g/mol. The molecule has 1 aromatic carbocycles. The van der Waals surface area contributed by atoms with Crippen molar-refractivity contribution < 1.29 is 4.21 Å². The molecule has 4 heteroatoms. The molecule has 0 radical (unpaired) electrons. The second-order valence-corrected chi connectivity index (χ2v) is 6.73. The molecule has 0 bridgehead atoms. The van der Waals surface area contributed by atoms with E-state index in [0.717, 1.165) is 10.1 Å². The summed E-state index contributed by atoms with van der Waals surface area (Å²) in [4.78, 5) is 0.648. The molecular weight excluding hydrogens is 224 g/mol. The van der Waals surface area contributed by atoms with Gasteiger partial charge in [-0.15, -0.1) is 11.3 Å². The maximum atomic E-state index is 11.5. The molecule has 2 aromatic rings. The molecule has 0 aliphatic heterocycles. The minimum absolute atomic E-state index is 0.648. The summed E-state index contributed by atoms with van der Waals surface area (Å²) >= 11 is 1.54. The molecule has 0 aliphatic carbocycles. The lowest BCUT2D eigenvalue weighted by Crippen LogP contribution is -1.86. The van der Waals surface area contributed by atoms with Crippen molar-refractivity contribution in [2.75, 3.05) is 0 Å². The Morgan fingerprint density at radius 2 is 2.08 bits per heavy atom. The van der Waals surface area contributed by atoms with Crippen LogP contribution in [0.3, 0.4) is 0 Å². The van der Waals surface area contributed by atoms with Gasteiger partial charge in [-0.3, -0.25) is 0 Å². The lowest BCUT2D eigenvalue weighted by Gasteiger charge is -1.96. The topological polar surface area (TPSA) is 17.1 Å². The Morgan fingerprint density at radius 3 is 2.77 bits per heavy atom. The maximum Gasteiger partial charge on any atom is 0.0774 e. The Kier molecular flexibility index (Phi) is 2.10. The third kappa shape index (κ3) is 1.59.